The second-order valence-electron chi connectivity index (χ2n) is 11.5. The van der Waals surface area contributed by atoms with Crippen LogP contribution < -0.4 is 15.5 Å². The topological polar surface area (TPSA) is 77.6 Å². The first-order valence-electron chi connectivity index (χ1n) is 15.6. The molecule has 0 saturated carbocycles. The SMILES string of the molecule is O=C(Nc1ccc(N2CCN(C(C(=O)NCc3cccnc3)c3ccccc3)CC2)cc1)c1ccccc1-c1ccc(C(F)(F)F)cc1. The average molecular weight is 650 g/mol. The number of hydrogen-bond acceptors (Lipinski definition) is 5. The van der Waals surface area contributed by atoms with Gasteiger partial charge in [0.25, 0.3) is 5.91 Å². The van der Waals surface area contributed by atoms with Crippen LogP contribution in [0.3, 0.4) is 0 Å². The van der Waals surface area contributed by atoms with E-state index in [0.717, 1.165) is 28.9 Å². The van der Waals surface area contributed by atoms with E-state index >= 15 is 0 Å². The molecule has 6 rings (SSSR count). The van der Waals surface area contributed by atoms with Crippen molar-refractivity contribution in [2.75, 3.05) is 36.4 Å². The van der Waals surface area contributed by atoms with Crippen LogP contribution in [0.1, 0.15) is 33.1 Å². The summed E-state index contributed by atoms with van der Waals surface area (Å²) in [5.41, 5.74) is 4.14. The number of nitrogens with one attached hydrogen (secondary N) is 2. The van der Waals surface area contributed by atoms with Gasteiger partial charge in [0.1, 0.15) is 6.04 Å². The van der Waals surface area contributed by atoms with Gasteiger partial charge in [0, 0.05) is 62.1 Å². The van der Waals surface area contributed by atoms with Gasteiger partial charge >= 0.3 is 6.18 Å². The van der Waals surface area contributed by atoms with Crippen LogP contribution in [0.5, 0.6) is 0 Å². The molecule has 1 atom stereocenters. The molecule has 1 aromatic heterocycles. The van der Waals surface area contributed by atoms with Crippen LogP contribution in [-0.2, 0) is 17.5 Å². The molecule has 1 aliphatic heterocycles. The summed E-state index contributed by atoms with van der Waals surface area (Å²) in [6.45, 7) is 3.19. The predicted octanol–water partition coefficient (Wildman–Crippen LogP) is 7.20. The lowest BCUT2D eigenvalue weighted by Crippen LogP contribution is -2.51. The van der Waals surface area contributed by atoms with Crippen molar-refractivity contribution < 1.29 is 22.8 Å². The lowest BCUT2D eigenvalue weighted by atomic mass is 9.98. The minimum atomic E-state index is -4.43. The summed E-state index contributed by atoms with van der Waals surface area (Å²) >= 11 is 0. The zero-order valence-corrected chi connectivity index (χ0v) is 26.0. The van der Waals surface area contributed by atoms with Crippen molar-refractivity contribution in [3.05, 3.63) is 150 Å². The monoisotopic (exact) mass is 649 g/mol. The molecule has 7 nitrogen and oxygen atoms in total. The highest BCUT2D eigenvalue weighted by atomic mass is 19.4. The number of nitrogens with zero attached hydrogens (tertiary/aromatic N) is 3. The number of carbonyl (C=O) groups is 2. The molecule has 48 heavy (non-hydrogen) atoms. The molecule has 1 aliphatic rings. The summed E-state index contributed by atoms with van der Waals surface area (Å²) in [6, 6.07) is 32.3. The van der Waals surface area contributed by atoms with Crippen molar-refractivity contribution in [3.63, 3.8) is 0 Å². The van der Waals surface area contributed by atoms with Gasteiger partial charge < -0.3 is 15.5 Å². The Bertz CT molecular complexity index is 1830. The molecule has 1 fully saturated rings. The second kappa shape index (κ2) is 14.5. The fourth-order valence-corrected chi connectivity index (χ4v) is 5.92. The van der Waals surface area contributed by atoms with Crippen LogP contribution in [0, 0.1) is 0 Å². The first kappa shape index (κ1) is 32.5. The lowest BCUT2D eigenvalue weighted by Gasteiger charge is -2.39. The van der Waals surface area contributed by atoms with Crippen molar-refractivity contribution in [3.8, 4) is 11.1 Å². The fourth-order valence-electron chi connectivity index (χ4n) is 5.92. The first-order chi connectivity index (χ1) is 23.3. The summed E-state index contributed by atoms with van der Waals surface area (Å²) in [7, 11) is 0. The van der Waals surface area contributed by atoms with E-state index in [0.29, 0.717) is 55.1 Å². The Morgan fingerprint density at radius 2 is 1.46 bits per heavy atom. The highest BCUT2D eigenvalue weighted by Gasteiger charge is 2.31. The minimum absolute atomic E-state index is 0.0570. The number of benzene rings is 4. The molecule has 0 bridgehead atoms. The number of alkyl halides is 3. The molecule has 0 radical (unpaired) electrons. The molecule has 5 aromatic rings. The third-order valence-electron chi connectivity index (χ3n) is 8.42. The average Bonchev–Trinajstić information content (AvgIpc) is 3.12. The van der Waals surface area contributed by atoms with E-state index in [4.69, 9.17) is 0 Å². The van der Waals surface area contributed by atoms with Crippen molar-refractivity contribution in [2.45, 2.75) is 18.8 Å². The van der Waals surface area contributed by atoms with E-state index in [2.05, 4.69) is 25.4 Å². The molecule has 244 valence electrons. The number of hydrogen-bond donors (Lipinski definition) is 2. The number of piperazine rings is 1. The van der Waals surface area contributed by atoms with Crippen LogP contribution in [0.2, 0.25) is 0 Å². The molecule has 2 amide bonds. The highest BCUT2D eigenvalue weighted by Crippen LogP contribution is 2.32. The van der Waals surface area contributed by atoms with Crippen molar-refractivity contribution >= 4 is 23.2 Å². The van der Waals surface area contributed by atoms with Gasteiger partial charge in [0.2, 0.25) is 5.91 Å². The smallest absolute Gasteiger partial charge is 0.369 e. The number of pyridine rings is 1. The van der Waals surface area contributed by atoms with Crippen molar-refractivity contribution in [1.82, 2.24) is 15.2 Å². The van der Waals surface area contributed by atoms with E-state index in [1.807, 2.05) is 66.7 Å². The van der Waals surface area contributed by atoms with E-state index in [1.54, 1.807) is 36.7 Å². The summed E-state index contributed by atoms with van der Waals surface area (Å²) in [4.78, 5) is 35.3. The summed E-state index contributed by atoms with van der Waals surface area (Å²) in [5, 5.41) is 6.00. The Morgan fingerprint density at radius 3 is 2.12 bits per heavy atom. The first-order valence-corrected chi connectivity index (χ1v) is 15.6. The molecule has 4 aromatic carbocycles. The Labute approximate surface area is 277 Å². The van der Waals surface area contributed by atoms with Crippen molar-refractivity contribution in [1.29, 1.82) is 0 Å². The van der Waals surface area contributed by atoms with E-state index in [9.17, 15) is 22.8 Å². The van der Waals surface area contributed by atoms with Gasteiger partial charge in [-0.25, -0.2) is 0 Å². The number of halogens is 3. The molecular weight excluding hydrogens is 615 g/mol. The summed E-state index contributed by atoms with van der Waals surface area (Å²) < 4.78 is 39.2. The van der Waals surface area contributed by atoms with Gasteiger partial charge in [0.05, 0.1) is 5.56 Å². The molecule has 2 N–H and O–H groups in total. The van der Waals surface area contributed by atoms with Gasteiger partial charge in [0.15, 0.2) is 0 Å². The van der Waals surface area contributed by atoms with Crippen LogP contribution in [0.4, 0.5) is 24.5 Å². The molecule has 1 saturated heterocycles. The van der Waals surface area contributed by atoms with Gasteiger partial charge in [-0.3, -0.25) is 19.5 Å². The van der Waals surface area contributed by atoms with E-state index < -0.39 is 17.8 Å². The number of carbonyl (C=O) groups excluding carboxylic acids is 2. The molecule has 1 unspecified atom stereocenters. The largest absolute Gasteiger partial charge is 0.416 e. The molecule has 0 aliphatic carbocycles. The Hall–Kier alpha value is -5.48. The molecule has 2 heterocycles. The minimum Gasteiger partial charge on any atom is -0.369 e. The van der Waals surface area contributed by atoms with E-state index in [1.165, 1.54) is 12.1 Å². The number of rotatable bonds is 9. The quantitative estimate of drug-likeness (QED) is 0.177. The number of amides is 2. The standard InChI is InChI=1S/C38H34F3N5O2/c39-38(40,41)30-14-12-28(13-15-30)33-10-4-5-11-34(33)36(47)44-31-16-18-32(19-17-31)45-21-23-46(24-22-45)35(29-8-2-1-3-9-29)37(48)43-26-27-7-6-20-42-25-27/h1-20,25,35H,21-24,26H2,(H,43,48)(H,44,47). The van der Waals surface area contributed by atoms with Crippen LogP contribution in [-0.4, -0.2) is 47.9 Å². The molecule has 0 spiro atoms. The summed E-state index contributed by atoms with van der Waals surface area (Å²) in [5.74, 6) is -0.417. The van der Waals surface area contributed by atoms with Crippen LogP contribution in [0.15, 0.2) is 128 Å². The molecular formula is C38H34F3N5O2. The Kier molecular flexibility index (Phi) is 9.82. The van der Waals surface area contributed by atoms with Gasteiger partial charge in [-0.2, -0.15) is 13.2 Å². The number of anilines is 2. The third kappa shape index (κ3) is 7.72. The number of aromatic nitrogens is 1. The second-order valence-corrected chi connectivity index (χ2v) is 11.5. The Balaban J connectivity index is 1.08. The highest BCUT2D eigenvalue weighted by molar-refractivity contribution is 6.08. The Morgan fingerprint density at radius 1 is 0.771 bits per heavy atom. The predicted molar refractivity (Wildman–Crippen MR) is 180 cm³/mol. The maximum Gasteiger partial charge on any atom is 0.416 e. The van der Waals surface area contributed by atoms with Crippen LogP contribution in [0.25, 0.3) is 11.1 Å². The third-order valence-corrected chi connectivity index (χ3v) is 8.42. The van der Waals surface area contributed by atoms with Crippen LogP contribution >= 0.6 is 0 Å². The van der Waals surface area contributed by atoms with Gasteiger partial charge in [-0.15, -0.1) is 0 Å². The maximum absolute atomic E-state index is 13.5. The maximum atomic E-state index is 13.5. The zero-order valence-electron chi connectivity index (χ0n) is 26.0. The fraction of sp³-hybridized carbons (Fsp3) is 0.184. The van der Waals surface area contributed by atoms with Crippen molar-refractivity contribution in [2.24, 2.45) is 0 Å². The summed E-state index contributed by atoms with van der Waals surface area (Å²) in [6.07, 6.45) is -0.983. The normalized spacial score (nSPS) is 14.3. The zero-order chi connectivity index (χ0) is 33.5. The van der Waals surface area contributed by atoms with E-state index in [-0.39, 0.29) is 11.8 Å². The molecule has 10 heteroatoms. The van der Waals surface area contributed by atoms with Gasteiger partial charge in [-0.05, 0) is 70.8 Å². The van der Waals surface area contributed by atoms with Gasteiger partial charge in [-0.1, -0.05) is 66.7 Å². The lowest BCUT2D eigenvalue weighted by molar-refractivity contribution is -0.137.